The Morgan fingerprint density at radius 2 is 1.96 bits per heavy atom. The van der Waals surface area contributed by atoms with E-state index in [1.54, 1.807) is 25.1 Å². The first-order valence-corrected chi connectivity index (χ1v) is 11.7. The Morgan fingerprint density at radius 3 is 2.63 bits per heavy atom. The fraction of sp³-hybridized carbons (Fsp3) is 0.632. The van der Waals surface area contributed by atoms with Crippen LogP contribution in [0.5, 0.6) is 0 Å². The van der Waals surface area contributed by atoms with Crippen molar-refractivity contribution in [2.45, 2.75) is 39.0 Å². The fourth-order valence-electron chi connectivity index (χ4n) is 3.34. The van der Waals surface area contributed by atoms with Crippen LogP contribution in [-0.2, 0) is 14.8 Å². The maximum Gasteiger partial charge on any atom is 0.232 e. The number of nitrogens with one attached hydrogen (secondary N) is 1. The van der Waals surface area contributed by atoms with Crippen molar-refractivity contribution in [2.75, 3.05) is 43.3 Å². The number of carbonyl (C=O) groups is 1. The molecular formula is C19H30ClN3O3S. The van der Waals surface area contributed by atoms with Gasteiger partial charge in [-0.3, -0.25) is 9.10 Å². The number of nitrogens with zero attached hydrogens (tertiary/aromatic N) is 2. The Balaban J connectivity index is 1.78. The van der Waals surface area contributed by atoms with Crippen LogP contribution in [0.2, 0.25) is 5.02 Å². The lowest BCUT2D eigenvalue weighted by Crippen LogP contribution is -2.33. The summed E-state index contributed by atoms with van der Waals surface area (Å²) < 4.78 is 25.7. The third kappa shape index (κ3) is 6.97. The van der Waals surface area contributed by atoms with E-state index in [2.05, 4.69) is 10.2 Å². The van der Waals surface area contributed by atoms with Gasteiger partial charge in [-0.15, -0.1) is 0 Å². The molecule has 6 nitrogen and oxygen atoms in total. The van der Waals surface area contributed by atoms with E-state index in [9.17, 15) is 13.2 Å². The van der Waals surface area contributed by atoms with Gasteiger partial charge in [-0.2, -0.15) is 0 Å². The summed E-state index contributed by atoms with van der Waals surface area (Å²) in [7, 11) is -3.45. The molecule has 152 valence electrons. The second-order valence-corrected chi connectivity index (χ2v) is 9.39. The number of halogens is 1. The van der Waals surface area contributed by atoms with Gasteiger partial charge in [0.2, 0.25) is 15.9 Å². The highest BCUT2D eigenvalue weighted by atomic mass is 35.5. The molecule has 8 heteroatoms. The number of hydrogen-bond donors (Lipinski definition) is 1. The van der Waals surface area contributed by atoms with Crippen molar-refractivity contribution in [3.05, 3.63) is 28.8 Å². The molecular weight excluding hydrogens is 386 g/mol. The van der Waals surface area contributed by atoms with Gasteiger partial charge < -0.3 is 10.2 Å². The molecule has 27 heavy (non-hydrogen) atoms. The molecule has 2 rings (SSSR count). The van der Waals surface area contributed by atoms with Crippen LogP contribution in [0.15, 0.2) is 18.2 Å². The predicted molar refractivity (Wildman–Crippen MR) is 111 cm³/mol. The average molecular weight is 416 g/mol. The van der Waals surface area contributed by atoms with Crippen molar-refractivity contribution < 1.29 is 13.2 Å². The fourth-order valence-corrected chi connectivity index (χ4v) is 4.52. The first-order valence-electron chi connectivity index (χ1n) is 9.51. The van der Waals surface area contributed by atoms with Gasteiger partial charge >= 0.3 is 0 Å². The Kier molecular flexibility index (Phi) is 8.38. The normalized spacial score (nSPS) is 15.1. The highest BCUT2D eigenvalue weighted by Gasteiger charge is 2.20. The molecule has 0 unspecified atom stereocenters. The van der Waals surface area contributed by atoms with Crippen LogP contribution >= 0.6 is 11.6 Å². The van der Waals surface area contributed by atoms with E-state index in [0.29, 0.717) is 30.1 Å². The Morgan fingerprint density at radius 1 is 1.26 bits per heavy atom. The van der Waals surface area contributed by atoms with Crippen LogP contribution in [0.25, 0.3) is 0 Å². The quantitative estimate of drug-likeness (QED) is 0.596. The summed E-state index contributed by atoms with van der Waals surface area (Å²) in [4.78, 5) is 14.4. The van der Waals surface area contributed by atoms with Crippen LogP contribution in [0, 0.1) is 6.92 Å². The van der Waals surface area contributed by atoms with Crippen molar-refractivity contribution >= 4 is 33.2 Å². The predicted octanol–water partition coefficient (Wildman–Crippen LogP) is 2.80. The van der Waals surface area contributed by atoms with Crippen LogP contribution in [-0.4, -0.2) is 58.2 Å². The Labute approximate surface area is 167 Å². The van der Waals surface area contributed by atoms with E-state index in [0.717, 1.165) is 31.6 Å². The van der Waals surface area contributed by atoms with Crippen molar-refractivity contribution in [1.82, 2.24) is 10.2 Å². The molecule has 1 aromatic carbocycles. The highest BCUT2D eigenvalue weighted by Crippen LogP contribution is 2.28. The lowest BCUT2D eigenvalue weighted by atomic mass is 10.2. The summed E-state index contributed by atoms with van der Waals surface area (Å²) >= 11 is 6.12. The zero-order valence-corrected chi connectivity index (χ0v) is 17.8. The lowest BCUT2D eigenvalue weighted by molar-refractivity contribution is -0.121. The first-order chi connectivity index (χ1) is 12.8. The number of rotatable bonds is 10. The minimum absolute atomic E-state index is 0.0345. The molecule has 1 N–H and O–H groups in total. The van der Waals surface area contributed by atoms with Crippen molar-refractivity contribution in [3.8, 4) is 0 Å². The number of anilines is 1. The molecule has 1 aliphatic rings. The van der Waals surface area contributed by atoms with Crippen LogP contribution < -0.4 is 9.62 Å². The summed E-state index contributed by atoms with van der Waals surface area (Å²) in [5.74, 6) is -0.0345. The average Bonchev–Trinajstić information content (AvgIpc) is 3.11. The summed E-state index contributed by atoms with van der Waals surface area (Å²) in [5, 5.41) is 3.45. The van der Waals surface area contributed by atoms with Crippen LogP contribution in [0.3, 0.4) is 0 Å². The van der Waals surface area contributed by atoms with Gasteiger partial charge in [0.05, 0.1) is 11.9 Å². The molecule has 0 aromatic heterocycles. The van der Waals surface area contributed by atoms with Crippen LogP contribution in [0.1, 0.15) is 37.7 Å². The second kappa shape index (κ2) is 10.3. The molecule has 0 bridgehead atoms. The summed E-state index contributed by atoms with van der Waals surface area (Å²) in [6.45, 7) is 6.06. The largest absolute Gasteiger partial charge is 0.356 e. The monoisotopic (exact) mass is 415 g/mol. The first kappa shape index (κ1) is 22.0. The third-order valence-corrected chi connectivity index (χ3v) is 6.43. The molecule has 1 saturated heterocycles. The molecule has 0 atom stereocenters. The molecule has 0 radical (unpaired) electrons. The highest BCUT2D eigenvalue weighted by molar-refractivity contribution is 7.92. The van der Waals surface area contributed by atoms with Gasteiger partial charge in [-0.25, -0.2) is 8.42 Å². The van der Waals surface area contributed by atoms with Crippen molar-refractivity contribution in [3.63, 3.8) is 0 Å². The molecule has 1 heterocycles. The van der Waals surface area contributed by atoms with E-state index in [1.807, 2.05) is 0 Å². The molecule has 1 aliphatic heterocycles. The number of hydrogen-bond acceptors (Lipinski definition) is 4. The van der Waals surface area contributed by atoms with E-state index >= 15 is 0 Å². The zero-order valence-electron chi connectivity index (χ0n) is 16.2. The standard InChI is InChI=1S/C19H30ClN3O3S/c1-16-17(20)8-5-9-18(16)23(27(2,25)26)15-6-10-19(24)21-11-7-14-22-12-3-4-13-22/h5,8-9H,3-4,6-7,10-15H2,1-2H3,(H,21,24). The number of amides is 1. The minimum Gasteiger partial charge on any atom is -0.356 e. The van der Waals surface area contributed by atoms with E-state index in [-0.39, 0.29) is 12.5 Å². The number of likely N-dealkylation sites (tertiary alicyclic amines) is 1. The number of benzene rings is 1. The lowest BCUT2D eigenvalue weighted by Gasteiger charge is -2.24. The van der Waals surface area contributed by atoms with Gasteiger partial charge in [0, 0.05) is 24.5 Å². The summed E-state index contributed by atoms with van der Waals surface area (Å²) in [5.41, 5.74) is 1.28. The van der Waals surface area contributed by atoms with Gasteiger partial charge in [-0.05, 0) is 69.9 Å². The Bertz CT molecular complexity index is 734. The van der Waals surface area contributed by atoms with Crippen molar-refractivity contribution in [1.29, 1.82) is 0 Å². The SMILES string of the molecule is Cc1c(Cl)cccc1N(CCCC(=O)NCCCN1CCCC1)S(C)(=O)=O. The van der Waals surface area contributed by atoms with Gasteiger partial charge in [-0.1, -0.05) is 17.7 Å². The number of carbonyl (C=O) groups excluding carboxylic acids is 1. The topological polar surface area (TPSA) is 69.7 Å². The smallest absolute Gasteiger partial charge is 0.232 e. The molecule has 1 fully saturated rings. The molecule has 1 amide bonds. The van der Waals surface area contributed by atoms with E-state index in [4.69, 9.17) is 11.6 Å². The summed E-state index contributed by atoms with van der Waals surface area (Å²) in [6, 6.07) is 5.20. The second-order valence-electron chi connectivity index (χ2n) is 7.07. The van der Waals surface area contributed by atoms with Crippen LogP contribution in [0.4, 0.5) is 5.69 Å². The molecule has 1 aromatic rings. The molecule has 0 saturated carbocycles. The summed E-state index contributed by atoms with van der Waals surface area (Å²) in [6.07, 6.45) is 5.42. The maximum atomic E-state index is 12.2. The Hall–Kier alpha value is -1.31. The van der Waals surface area contributed by atoms with Gasteiger partial charge in [0.15, 0.2) is 0 Å². The number of sulfonamides is 1. The zero-order chi connectivity index (χ0) is 19.9. The van der Waals surface area contributed by atoms with Crippen molar-refractivity contribution in [2.24, 2.45) is 0 Å². The molecule has 0 aliphatic carbocycles. The van der Waals surface area contributed by atoms with E-state index in [1.165, 1.54) is 23.4 Å². The molecule has 0 spiro atoms. The van der Waals surface area contributed by atoms with Gasteiger partial charge in [0.25, 0.3) is 0 Å². The van der Waals surface area contributed by atoms with Gasteiger partial charge in [0.1, 0.15) is 0 Å². The third-order valence-electron chi connectivity index (χ3n) is 4.85. The minimum atomic E-state index is -3.45. The van der Waals surface area contributed by atoms with E-state index < -0.39 is 10.0 Å². The maximum absolute atomic E-state index is 12.2.